The maximum absolute atomic E-state index is 13.3. The van der Waals surface area contributed by atoms with Gasteiger partial charge in [-0.15, -0.1) is 0 Å². The summed E-state index contributed by atoms with van der Waals surface area (Å²) in [6.45, 7) is 8.93. The third-order valence-corrected chi connectivity index (χ3v) is 1.82. The summed E-state index contributed by atoms with van der Waals surface area (Å²) in [4.78, 5) is 10.3. The summed E-state index contributed by atoms with van der Waals surface area (Å²) >= 11 is 0. The minimum absolute atomic E-state index is 0.164. The summed E-state index contributed by atoms with van der Waals surface area (Å²) in [6, 6.07) is 1.11. The Labute approximate surface area is 88.4 Å². The van der Waals surface area contributed by atoms with Gasteiger partial charge in [0.2, 0.25) is 0 Å². The molecule has 0 N–H and O–H groups in total. The van der Waals surface area contributed by atoms with Crippen LogP contribution in [0.2, 0.25) is 0 Å². The molecule has 0 saturated carbocycles. The van der Waals surface area contributed by atoms with Crippen LogP contribution >= 0.6 is 0 Å². The Hall–Kier alpha value is -1.51. The van der Waals surface area contributed by atoms with Gasteiger partial charge in [0.15, 0.2) is 6.29 Å². The molecule has 0 aliphatic carbocycles. The molecule has 0 heterocycles. The molecule has 1 aromatic carbocycles. The molecule has 0 aliphatic heterocycles. The monoisotopic (exact) mass is 212 g/mol. The molecule has 1 aromatic rings. The molecule has 0 spiro atoms. The summed E-state index contributed by atoms with van der Waals surface area (Å²) in [5, 5.41) is 0. The highest BCUT2D eigenvalue weighted by Crippen LogP contribution is 2.20. The van der Waals surface area contributed by atoms with Crippen molar-refractivity contribution in [3.8, 4) is 0 Å². The molecule has 0 radical (unpaired) electrons. The minimum Gasteiger partial charge on any atom is -0.298 e. The highest BCUT2D eigenvalue weighted by atomic mass is 19.1. The van der Waals surface area contributed by atoms with E-state index < -0.39 is 17.2 Å². The van der Waals surface area contributed by atoms with E-state index in [-0.39, 0.29) is 11.8 Å². The van der Waals surface area contributed by atoms with Gasteiger partial charge in [-0.25, -0.2) is 8.78 Å². The van der Waals surface area contributed by atoms with Crippen LogP contribution in [0.1, 0.15) is 35.3 Å². The zero-order valence-electron chi connectivity index (χ0n) is 9.10. The largest absolute Gasteiger partial charge is 0.298 e. The van der Waals surface area contributed by atoms with Crippen LogP contribution in [-0.4, -0.2) is 6.29 Å². The van der Waals surface area contributed by atoms with Crippen LogP contribution in [0.15, 0.2) is 12.6 Å². The normalized spacial score (nSPS) is 8.87. The summed E-state index contributed by atoms with van der Waals surface area (Å²) in [5.74, 6) is -1.68. The number of halogens is 2. The fraction of sp³-hybridized carbons (Fsp3) is 0.250. The summed E-state index contributed by atoms with van der Waals surface area (Å²) < 4.78 is 26.2. The highest BCUT2D eigenvalue weighted by molar-refractivity contribution is 5.78. The fourth-order valence-electron chi connectivity index (χ4n) is 1.13. The molecule has 1 rings (SSSR count). The van der Waals surface area contributed by atoms with Crippen LogP contribution in [0, 0.1) is 18.6 Å². The predicted molar refractivity (Wildman–Crippen MR) is 57.9 cm³/mol. The molecule has 82 valence electrons. The number of hydrogen-bond acceptors (Lipinski definition) is 1. The topological polar surface area (TPSA) is 17.1 Å². The van der Waals surface area contributed by atoms with Gasteiger partial charge in [0.25, 0.3) is 0 Å². The van der Waals surface area contributed by atoms with E-state index >= 15 is 0 Å². The van der Waals surface area contributed by atoms with E-state index in [9.17, 15) is 13.6 Å². The van der Waals surface area contributed by atoms with Gasteiger partial charge < -0.3 is 0 Å². The Balaban J connectivity index is 0.000000921. The molecule has 1 nitrogen and oxygen atoms in total. The first kappa shape index (κ1) is 13.5. The number of aryl methyl sites for hydroxylation is 1. The molecule has 0 unspecified atom stereocenters. The number of rotatable bonds is 2. The van der Waals surface area contributed by atoms with Crippen LogP contribution in [-0.2, 0) is 0 Å². The molecular formula is C12H14F2O. The zero-order chi connectivity index (χ0) is 12.0. The van der Waals surface area contributed by atoms with Crippen LogP contribution in [0.4, 0.5) is 8.78 Å². The first-order valence-electron chi connectivity index (χ1n) is 4.68. The van der Waals surface area contributed by atoms with Crippen molar-refractivity contribution in [3.05, 3.63) is 41.0 Å². The lowest BCUT2D eigenvalue weighted by Crippen LogP contribution is -1.99. The highest BCUT2D eigenvalue weighted by Gasteiger charge is 2.13. The summed E-state index contributed by atoms with van der Waals surface area (Å²) in [6.07, 6.45) is 1.42. The Morgan fingerprint density at radius 3 is 2.20 bits per heavy atom. The van der Waals surface area contributed by atoms with Crippen molar-refractivity contribution in [2.75, 3.05) is 0 Å². The van der Waals surface area contributed by atoms with Gasteiger partial charge in [-0.3, -0.25) is 4.79 Å². The number of aldehydes is 1. The Morgan fingerprint density at radius 2 is 1.80 bits per heavy atom. The standard InChI is InChI=1S/C10H8F2O.C2H6/c1-3-7-6(2)4-9(11)8(5-13)10(7)12;1-2/h3-5H,1H2,2H3;1-2H3. The first-order valence-corrected chi connectivity index (χ1v) is 4.68. The fourth-order valence-corrected chi connectivity index (χ4v) is 1.13. The van der Waals surface area contributed by atoms with Crippen molar-refractivity contribution >= 4 is 12.4 Å². The maximum Gasteiger partial charge on any atom is 0.155 e. The second-order valence-corrected chi connectivity index (χ2v) is 2.64. The van der Waals surface area contributed by atoms with Crippen molar-refractivity contribution in [1.29, 1.82) is 0 Å². The molecule has 0 aromatic heterocycles. The lowest BCUT2D eigenvalue weighted by Gasteiger charge is -2.05. The van der Waals surface area contributed by atoms with Crippen molar-refractivity contribution in [2.24, 2.45) is 0 Å². The third kappa shape index (κ3) is 2.72. The predicted octanol–water partition coefficient (Wildman–Crippen LogP) is 3.75. The van der Waals surface area contributed by atoms with Crippen molar-refractivity contribution in [2.45, 2.75) is 20.8 Å². The Kier molecular flexibility index (Phi) is 5.45. The number of hydrogen-bond donors (Lipinski definition) is 0. The van der Waals surface area contributed by atoms with E-state index in [2.05, 4.69) is 6.58 Å². The van der Waals surface area contributed by atoms with Gasteiger partial charge in [-0.1, -0.05) is 26.5 Å². The third-order valence-electron chi connectivity index (χ3n) is 1.82. The second-order valence-electron chi connectivity index (χ2n) is 2.64. The average Bonchev–Trinajstić information content (AvgIpc) is 2.21. The van der Waals surface area contributed by atoms with Crippen molar-refractivity contribution in [1.82, 2.24) is 0 Å². The van der Waals surface area contributed by atoms with Crippen LogP contribution in [0.3, 0.4) is 0 Å². The molecule has 0 saturated heterocycles. The lowest BCUT2D eigenvalue weighted by molar-refractivity contribution is 0.111. The Bertz CT molecular complexity index is 338. The van der Waals surface area contributed by atoms with Crippen molar-refractivity contribution < 1.29 is 13.6 Å². The Morgan fingerprint density at radius 1 is 1.27 bits per heavy atom. The molecule has 3 heteroatoms. The van der Waals surface area contributed by atoms with Gasteiger partial charge in [-0.2, -0.15) is 0 Å². The summed E-state index contributed by atoms with van der Waals surface area (Å²) in [5.41, 5.74) is 0.0552. The van der Waals surface area contributed by atoms with Crippen LogP contribution < -0.4 is 0 Å². The molecule has 0 aliphatic rings. The second kappa shape index (κ2) is 6.06. The first-order chi connectivity index (χ1) is 7.11. The van der Waals surface area contributed by atoms with E-state index in [0.29, 0.717) is 5.56 Å². The van der Waals surface area contributed by atoms with E-state index in [1.807, 2.05) is 13.8 Å². The van der Waals surface area contributed by atoms with Gasteiger partial charge in [0.05, 0.1) is 5.56 Å². The van der Waals surface area contributed by atoms with Crippen LogP contribution in [0.5, 0.6) is 0 Å². The van der Waals surface area contributed by atoms with Crippen molar-refractivity contribution in [3.63, 3.8) is 0 Å². The average molecular weight is 212 g/mol. The summed E-state index contributed by atoms with van der Waals surface area (Å²) in [7, 11) is 0. The van der Waals surface area contributed by atoms with Gasteiger partial charge in [-0.05, 0) is 18.6 Å². The van der Waals surface area contributed by atoms with E-state index in [0.717, 1.165) is 6.07 Å². The van der Waals surface area contributed by atoms with Gasteiger partial charge >= 0.3 is 0 Å². The molecule has 0 amide bonds. The molecule has 0 atom stereocenters. The smallest absolute Gasteiger partial charge is 0.155 e. The number of carbonyl (C=O) groups excluding carboxylic acids is 1. The number of carbonyl (C=O) groups is 1. The number of benzene rings is 1. The quantitative estimate of drug-likeness (QED) is 0.682. The van der Waals surface area contributed by atoms with E-state index in [4.69, 9.17) is 0 Å². The van der Waals surface area contributed by atoms with Gasteiger partial charge in [0.1, 0.15) is 11.6 Å². The maximum atomic E-state index is 13.3. The van der Waals surface area contributed by atoms with Crippen LogP contribution in [0.25, 0.3) is 6.08 Å². The SMILES string of the molecule is C=Cc1c(C)cc(F)c(C=O)c1F.CC. The molecule has 0 fully saturated rings. The molecule has 15 heavy (non-hydrogen) atoms. The lowest BCUT2D eigenvalue weighted by atomic mass is 10.0. The molecular weight excluding hydrogens is 198 g/mol. The van der Waals surface area contributed by atoms with E-state index in [1.54, 1.807) is 6.92 Å². The van der Waals surface area contributed by atoms with Gasteiger partial charge in [0, 0.05) is 5.56 Å². The zero-order valence-corrected chi connectivity index (χ0v) is 9.10. The minimum atomic E-state index is -0.845. The van der Waals surface area contributed by atoms with E-state index in [1.165, 1.54) is 6.08 Å². The molecule has 0 bridgehead atoms.